The van der Waals surface area contributed by atoms with E-state index in [-0.39, 0.29) is 17.0 Å². The summed E-state index contributed by atoms with van der Waals surface area (Å²) in [6.45, 7) is 2.02. The van der Waals surface area contributed by atoms with Gasteiger partial charge in [0.2, 0.25) is 0 Å². The predicted molar refractivity (Wildman–Crippen MR) is 123 cm³/mol. The van der Waals surface area contributed by atoms with E-state index >= 15 is 0 Å². The number of pyridine rings is 1. The summed E-state index contributed by atoms with van der Waals surface area (Å²) in [6, 6.07) is 12.3. The molecule has 0 fully saturated rings. The fraction of sp³-hybridized carbons (Fsp3) is 0.158. The van der Waals surface area contributed by atoms with Crippen LogP contribution in [0.25, 0.3) is 17.0 Å². The topological polar surface area (TPSA) is 45.5 Å². The Kier molecular flexibility index (Phi) is 5.88. The van der Waals surface area contributed by atoms with Crippen LogP contribution >= 0.6 is 44.2 Å². The Morgan fingerprint density at radius 1 is 1.11 bits per heavy atom. The van der Waals surface area contributed by atoms with Crippen LogP contribution in [-0.4, -0.2) is 28.5 Å². The van der Waals surface area contributed by atoms with Crippen molar-refractivity contribution in [3.63, 3.8) is 0 Å². The van der Waals surface area contributed by atoms with E-state index in [1.165, 1.54) is 5.69 Å². The molecule has 0 saturated heterocycles. The molecule has 0 spiro atoms. The van der Waals surface area contributed by atoms with E-state index in [9.17, 15) is 0 Å². The summed E-state index contributed by atoms with van der Waals surface area (Å²) in [4.78, 5) is 11.5. The molecule has 5 nitrogen and oxygen atoms in total. The monoisotopic (exact) mass is 507 g/mol. The Bertz CT molecular complexity index is 1070. The van der Waals surface area contributed by atoms with Gasteiger partial charge in [0.25, 0.3) is 0 Å². The molecule has 4 rings (SSSR count). The third-order valence-corrected chi connectivity index (χ3v) is 5.54. The van der Waals surface area contributed by atoms with Crippen molar-refractivity contribution in [3.05, 3.63) is 58.1 Å². The van der Waals surface area contributed by atoms with Gasteiger partial charge < -0.3 is 10.2 Å². The van der Waals surface area contributed by atoms with E-state index in [1.54, 1.807) is 11.3 Å². The second-order valence-electron chi connectivity index (χ2n) is 6.20. The molecule has 0 atom stereocenters. The van der Waals surface area contributed by atoms with E-state index in [0.29, 0.717) is 0 Å². The van der Waals surface area contributed by atoms with Crippen LogP contribution in [0.15, 0.2) is 52.4 Å². The Hall–Kier alpha value is -1.90. The molecule has 0 radical (unpaired) electrons. The van der Waals surface area contributed by atoms with Gasteiger partial charge >= 0.3 is 0 Å². The lowest BCUT2D eigenvalue weighted by atomic mass is 10.2. The molecule has 0 aliphatic carbocycles. The zero-order chi connectivity index (χ0) is 18.3. The molecule has 8 heteroatoms. The van der Waals surface area contributed by atoms with Crippen molar-refractivity contribution in [2.75, 3.05) is 24.3 Å². The zero-order valence-corrected chi connectivity index (χ0v) is 19.2. The van der Waals surface area contributed by atoms with Gasteiger partial charge in [-0.1, -0.05) is 0 Å². The van der Waals surface area contributed by atoms with Gasteiger partial charge in [-0.15, -0.1) is 28.3 Å². The van der Waals surface area contributed by atoms with Crippen LogP contribution < -0.4 is 10.2 Å². The average Bonchev–Trinajstić information content (AvgIpc) is 3.19. The zero-order valence-electron chi connectivity index (χ0n) is 15.1. The van der Waals surface area contributed by atoms with Crippen molar-refractivity contribution in [1.29, 1.82) is 0 Å². The maximum absolute atomic E-state index is 4.77. The number of nitrogens with one attached hydrogen (secondary N) is 1. The average molecular weight is 509 g/mol. The number of aryl methyl sites for hydroxylation is 1. The third-order valence-electron chi connectivity index (χ3n) is 4.16. The smallest absolute Gasteiger partial charge is 0.187 e. The molecule has 27 heavy (non-hydrogen) atoms. The number of halogens is 2. The van der Waals surface area contributed by atoms with Gasteiger partial charge in [0, 0.05) is 37.0 Å². The highest BCUT2D eigenvalue weighted by Crippen LogP contribution is 2.31. The lowest BCUT2D eigenvalue weighted by Gasteiger charge is -2.12. The minimum Gasteiger partial charge on any atom is -0.378 e. The van der Waals surface area contributed by atoms with Crippen molar-refractivity contribution < 1.29 is 0 Å². The predicted octanol–water partition coefficient (Wildman–Crippen LogP) is 5.92. The molecule has 1 aromatic carbocycles. The molecule has 3 heterocycles. The molecule has 3 aromatic heterocycles. The van der Waals surface area contributed by atoms with Crippen molar-refractivity contribution in [2.24, 2.45) is 0 Å². The number of aromatic nitrogens is 3. The van der Waals surface area contributed by atoms with E-state index in [4.69, 9.17) is 4.98 Å². The first-order valence-corrected chi connectivity index (χ1v) is 9.83. The van der Waals surface area contributed by atoms with Gasteiger partial charge in [0.15, 0.2) is 10.8 Å². The van der Waals surface area contributed by atoms with Crippen LogP contribution in [-0.2, 0) is 0 Å². The summed E-state index contributed by atoms with van der Waals surface area (Å²) in [7, 11) is 4.07. The first kappa shape index (κ1) is 19.9. The fourth-order valence-electron chi connectivity index (χ4n) is 2.86. The number of fused-ring (bicyclic) bond motifs is 1. The molecule has 0 amide bonds. The van der Waals surface area contributed by atoms with Crippen molar-refractivity contribution in [2.45, 2.75) is 6.92 Å². The van der Waals surface area contributed by atoms with Crippen LogP contribution in [0, 0.1) is 6.92 Å². The SMILES string of the molecule is Br.Cc1nc2c(Br)cccn2c1-c1csc(Nc2ccc(N(C)C)cc2)n1. The van der Waals surface area contributed by atoms with Crippen molar-refractivity contribution in [1.82, 2.24) is 14.4 Å². The van der Waals surface area contributed by atoms with Gasteiger partial charge in [-0.05, 0) is 59.3 Å². The highest BCUT2D eigenvalue weighted by molar-refractivity contribution is 9.10. The largest absolute Gasteiger partial charge is 0.378 e. The number of nitrogens with zero attached hydrogens (tertiary/aromatic N) is 4. The summed E-state index contributed by atoms with van der Waals surface area (Å²) >= 11 is 5.15. The van der Waals surface area contributed by atoms with Gasteiger partial charge in [-0.2, -0.15) is 0 Å². The fourth-order valence-corrected chi connectivity index (χ4v) is 4.01. The number of imidazole rings is 1. The number of anilines is 3. The third kappa shape index (κ3) is 3.88. The minimum atomic E-state index is 0. The molecule has 1 N–H and O–H groups in total. The molecule has 0 saturated carbocycles. The molecule has 0 aliphatic heterocycles. The minimum absolute atomic E-state index is 0. The van der Waals surface area contributed by atoms with Crippen molar-refractivity contribution in [3.8, 4) is 11.4 Å². The highest BCUT2D eigenvalue weighted by Gasteiger charge is 2.15. The van der Waals surface area contributed by atoms with E-state index in [2.05, 4.69) is 65.2 Å². The van der Waals surface area contributed by atoms with Gasteiger partial charge in [0.05, 0.1) is 15.9 Å². The second kappa shape index (κ2) is 8.00. The molecule has 140 valence electrons. The lowest BCUT2D eigenvalue weighted by Crippen LogP contribution is -2.08. The van der Waals surface area contributed by atoms with Crippen LogP contribution in [0.2, 0.25) is 0 Å². The first-order valence-electron chi connectivity index (χ1n) is 8.16. The summed E-state index contributed by atoms with van der Waals surface area (Å²) in [5.41, 5.74) is 6.00. The molecule has 0 aliphatic rings. The quantitative estimate of drug-likeness (QED) is 0.372. The first-order chi connectivity index (χ1) is 12.5. The number of rotatable bonds is 4. The normalized spacial score (nSPS) is 10.7. The Labute approximate surface area is 181 Å². The van der Waals surface area contributed by atoms with Crippen LogP contribution in [0.1, 0.15) is 5.69 Å². The standard InChI is InChI=1S/C19H18BrN5S.BrH/c1-12-17(25-10-4-5-15(20)18(25)21-12)16-11-26-19(23-16)22-13-6-8-14(9-7-13)24(2)3;/h4-11H,1-3H3,(H,22,23);1H. The van der Waals surface area contributed by atoms with Gasteiger partial charge in [-0.25, -0.2) is 9.97 Å². The lowest BCUT2D eigenvalue weighted by molar-refractivity contribution is 1.13. The molecule has 4 aromatic rings. The van der Waals surface area contributed by atoms with Crippen molar-refractivity contribution >= 4 is 66.4 Å². The van der Waals surface area contributed by atoms with E-state index in [1.807, 2.05) is 39.3 Å². The number of thiazole rings is 1. The Balaban J connectivity index is 0.00000210. The summed E-state index contributed by atoms with van der Waals surface area (Å²) in [5.74, 6) is 0. The Morgan fingerprint density at radius 2 is 1.85 bits per heavy atom. The summed E-state index contributed by atoms with van der Waals surface area (Å²) in [6.07, 6.45) is 2.02. The molecular formula is C19H19Br2N5S. The summed E-state index contributed by atoms with van der Waals surface area (Å²) in [5, 5.41) is 6.31. The maximum atomic E-state index is 4.77. The Morgan fingerprint density at radius 3 is 2.56 bits per heavy atom. The molecule has 0 unspecified atom stereocenters. The second-order valence-corrected chi connectivity index (χ2v) is 7.91. The molecule has 0 bridgehead atoms. The molecular weight excluding hydrogens is 490 g/mol. The highest BCUT2D eigenvalue weighted by atomic mass is 79.9. The van der Waals surface area contributed by atoms with E-state index in [0.717, 1.165) is 38.0 Å². The summed E-state index contributed by atoms with van der Waals surface area (Å²) < 4.78 is 3.05. The van der Waals surface area contributed by atoms with Gasteiger partial charge in [0.1, 0.15) is 5.69 Å². The number of hydrogen-bond donors (Lipinski definition) is 1. The van der Waals surface area contributed by atoms with Gasteiger partial charge in [-0.3, -0.25) is 4.40 Å². The van der Waals surface area contributed by atoms with Crippen LogP contribution in [0.3, 0.4) is 0 Å². The number of hydrogen-bond acceptors (Lipinski definition) is 5. The van der Waals surface area contributed by atoms with Crippen LogP contribution in [0.4, 0.5) is 16.5 Å². The number of benzene rings is 1. The van der Waals surface area contributed by atoms with E-state index < -0.39 is 0 Å². The maximum Gasteiger partial charge on any atom is 0.187 e. The van der Waals surface area contributed by atoms with Crippen LogP contribution in [0.5, 0.6) is 0 Å².